The highest BCUT2D eigenvalue weighted by molar-refractivity contribution is 9.10. The second kappa shape index (κ2) is 6.16. The first kappa shape index (κ1) is 14.0. The molecule has 0 aliphatic heterocycles. The minimum absolute atomic E-state index is 0.0750. The Labute approximate surface area is 123 Å². The summed E-state index contributed by atoms with van der Waals surface area (Å²) in [5, 5.41) is 16.3. The maximum atomic E-state index is 10.9. The number of hydrogen-bond donors (Lipinski definition) is 1. The van der Waals surface area contributed by atoms with Gasteiger partial charge in [-0.15, -0.1) is 11.3 Å². The van der Waals surface area contributed by atoms with Gasteiger partial charge >= 0.3 is 0 Å². The van der Waals surface area contributed by atoms with Crippen LogP contribution in [0.15, 0.2) is 40.2 Å². The first-order valence-electron chi connectivity index (χ1n) is 5.85. The van der Waals surface area contributed by atoms with Crippen molar-refractivity contribution in [3.8, 4) is 0 Å². The first-order chi connectivity index (χ1) is 9.11. The number of nitrogens with one attached hydrogen (secondary N) is 1. The summed E-state index contributed by atoms with van der Waals surface area (Å²) in [4.78, 5) is 11.7. The second-order valence-electron chi connectivity index (χ2n) is 4.04. The standard InChI is InChI=1S/C13H13BrN2O2S/c1-2-11(13-4-3-7-19-13)15-9-5-6-10(14)12(8-9)16(17)18/h3-8,11,15H,2H2,1H3. The van der Waals surface area contributed by atoms with Crippen LogP contribution in [0.5, 0.6) is 0 Å². The van der Waals surface area contributed by atoms with Gasteiger partial charge in [-0.1, -0.05) is 13.0 Å². The molecule has 0 aliphatic rings. The molecule has 0 aliphatic carbocycles. The van der Waals surface area contributed by atoms with Crippen molar-refractivity contribution in [3.05, 3.63) is 55.2 Å². The zero-order valence-corrected chi connectivity index (χ0v) is 12.7. The highest BCUT2D eigenvalue weighted by Gasteiger charge is 2.15. The first-order valence-corrected chi connectivity index (χ1v) is 7.53. The molecule has 0 spiro atoms. The lowest BCUT2D eigenvalue weighted by molar-refractivity contribution is -0.385. The van der Waals surface area contributed by atoms with Crippen molar-refractivity contribution in [3.63, 3.8) is 0 Å². The number of hydrogen-bond acceptors (Lipinski definition) is 4. The molecular weight excluding hydrogens is 328 g/mol. The lowest BCUT2D eigenvalue weighted by Gasteiger charge is -2.16. The summed E-state index contributed by atoms with van der Waals surface area (Å²) in [6, 6.07) is 9.35. The van der Waals surface area contributed by atoms with Gasteiger partial charge in [0.05, 0.1) is 15.4 Å². The summed E-state index contributed by atoms with van der Waals surface area (Å²) < 4.78 is 0.493. The summed E-state index contributed by atoms with van der Waals surface area (Å²) in [7, 11) is 0. The van der Waals surface area contributed by atoms with Gasteiger partial charge in [0.25, 0.3) is 5.69 Å². The molecule has 0 bridgehead atoms. The summed E-state index contributed by atoms with van der Waals surface area (Å²) >= 11 is 4.87. The second-order valence-corrected chi connectivity index (χ2v) is 5.88. The molecule has 1 N–H and O–H groups in total. The fraction of sp³-hybridized carbons (Fsp3) is 0.231. The molecule has 1 aromatic carbocycles. The smallest absolute Gasteiger partial charge is 0.285 e. The van der Waals surface area contributed by atoms with Crippen LogP contribution >= 0.6 is 27.3 Å². The molecule has 0 fully saturated rings. The Hall–Kier alpha value is -1.40. The van der Waals surface area contributed by atoms with E-state index in [1.54, 1.807) is 23.5 Å². The molecule has 1 heterocycles. The van der Waals surface area contributed by atoms with Gasteiger partial charge in [0.1, 0.15) is 0 Å². The molecule has 0 saturated carbocycles. The number of thiophene rings is 1. The van der Waals surface area contributed by atoms with Crippen LogP contribution < -0.4 is 5.32 Å². The topological polar surface area (TPSA) is 55.2 Å². The lowest BCUT2D eigenvalue weighted by Crippen LogP contribution is -2.08. The van der Waals surface area contributed by atoms with Crippen molar-refractivity contribution >= 4 is 38.6 Å². The molecule has 1 atom stereocenters. The number of anilines is 1. The number of nitrogens with zero attached hydrogens (tertiary/aromatic N) is 1. The van der Waals surface area contributed by atoms with Gasteiger partial charge in [0.15, 0.2) is 0 Å². The molecule has 1 unspecified atom stereocenters. The molecular formula is C13H13BrN2O2S. The Morgan fingerprint density at radius 3 is 2.84 bits per heavy atom. The van der Waals surface area contributed by atoms with E-state index >= 15 is 0 Å². The molecule has 0 amide bonds. The van der Waals surface area contributed by atoms with Gasteiger partial charge < -0.3 is 5.32 Å². The number of nitro benzene ring substituents is 1. The van der Waals surface area contributed by atoms with Crippen LogP contribution in [-0.4, -0.2) is 4.92 Å². The van der Waals surface area contributed by atoms with Crippen LogP contribution in [0, 0.1) is 10.1 Å². The summed E-state index contributed by atoms with van der Waals surface area (Å²) in [6.45, 7) is 2.09. The number of nitro groups is 1. The molecule has 1 aromatic heterocycles. The van der Waals surface area contributed by atoms with Crippen LogP contribution in [0.25, 0.3) is 0 Å². The van der Waals surface area contributed by atoms with Gasteiger partial charge in [-0.25, -0.2) is 0 Å². The van der Waals surface area contributed by atoms with E-state index in [0.29, 0.717) is 4.47 Å². The number of benzene rings is 1. The molecule has 4 nitrogen and oxygen atoms in total. The van der Waals surface area contributed by atoms with Crippen molar-refractivity contribution in [2.75, 3.05) is 5.32 Å². The highest BCUT2D eigenvalue weighted by Crippen LogP contribution is 2.31. The van der Waals surface area contributed by atoms with Gasteiger partial charge in [-0.05, 0) is 45.9 Å². The van der Waals surface area contributed by atoms with Gasteiger partial charge in [-0.3, -0.25) is 10.1 Å². The van der Waals surface area contributed by atoms with Crippen LogP contribution in [0.3, 0.4) is 0 Å². The minimum atomic E-state index is -0.388. The average Bonchev–Trinajstić information content (AvgIpc) is 2.91. The third kappa shape index (κ3) is 3.33. The van der Waals surface area contributed by atoms with Crippen molar-refractivity contribution in [1.29, 1.82) is 0 Å². The largest absolute Gasteiger partial charge is 0.377 e. The highest BCUT2D eigenvalue weighted by atomic mass is 79.9. The van der Waals surface area contributed by atoms with Crippen molar-refractivity contribution in [2.45, 2.75) is 19.4 Å². The van der Waals surface area contributed by atoms with Crippen LogP contribution in [0.2, 0.25) is 0 Å². The van der Waals surface area contributed by atoms with E-state index in [1.165, 1.54) is 4.88 Å². The average molecular weight is 341 g/mol. The maximum Gasteiger partial charge on any atom is 0.285 e. The number of rotatable bonds is 5. The predicted octanol–water partition coefficient (Wildman–Crippen LogP) is 4.98. The Balaban J connectivity index is 2.23. The molecule has 2 rings (SSSR count). The van der Waals surface area contributed by atoms with E-state index in [9.17, 15) is 10.1 Å². The molecule has 6 heteroatoms. The molecule has 0 radical (unpaired) electrons. The zero-order chi connectivity index (χ0) is 13.8. The number of halogens is 1. The summed E-state index contributed by atoms with van der Waals surface area (Å²) in [5.41, 5.74) is 0.834. The van der Waals surface area contributed by atoms with E-state index in [0.717, 1.165) is 12.1 Å². The van der Waals surface area contributed by atoms with E-state index in [1.807, 2.05) is 17.5 Å². The van der Waals surface area contributed by atoms with Crippen LogP contribution in [-0.2, 0) is 0 Å². The van der Waals surface area contributed by atoms with Crippen molar-refractivity contribution in [1.82, 2.24) is 0 Å². The quantitative estimate of drug-likeness (QED) is 0.616. The lowest BCUT2D eigenvalue weighted by atomic mass is 10.1. The Morgan fingerprint density at radius 1 is 1.47 bits per heavy atom. The van der Waals surface area contributed by atoms with E-state index in [-0.39, 0.29) is 16.7 Å². The van der Waals surface area contributed by atoms with Crippen LogP contribution in [0.1, 0.15) is 24.3 Å². The molecule has 100 valence electrons. The van der Waals surface area contributed by atoms with Gasteiger partial charge in [0.2, 0.25) is 0 Å². The normalized spacial score (nSPS) is 12.1. The summed E-state index contributed by atoms with van der Waals surface area (Å²) in [5.74, 6) is 0. The van der Waals surface area contributed by atoms with E-state index in [2.05, 4.69) is 34.2 Å². The maximum absolute atomic E-state index is 10.9. The third-order valence-electron chi connectivity index (χ3n) is 2.78. The Bertz CT molecular complexity index is 572. The summed E-state index contributed by atoms with van der Waals surface area (Å²) in [6.07, 6.45) is 0.921. The minimum Gasteiger partial charge on any atom is -0.377 e. The Kier molecular flexibility index (Phi) is 4.55. The van der Waals surface area contributed by atoms with E-state index in [4.69, 9.17) is 0 Å². The fourth-order valence-corrected chi connectivity index (χ4v) is 3.06. The monoisotopic (exact) mass is 340 g/mol. The fourth-order valence-electron chi connectivity index (χ4n) is 1.81. The molecule has 0 saturated heterocycles. The molecule has 19 heavy (non-hydrogen) atoms. The van der Waals surface area contributed by atoms with Crippen molar-refractivity contribution in [2.24, 2.45) is 0 Å². The predicted molar refractivity (Wildman–Crippen MR) is 81.8 cm³/mol. The van der Waals surface area contributed by atoms with Crippen molar-refractivity contribution < 1.29 is 4.92 Å². The van der Waals surface area contributed by atoms with Crippen LogP contribution in [0.4, 0.5) is 11.4 Å². The third-order valence-corrected chi connectivity index (χ3v) is 4.44. The van der Waals surface area contributed by atoms with Gasteiger partial charge in [0, 0.05) is 16.6 Å². The van der Waals surface area contributed by atoms with Gasteiger partial charge in [-0.2, -0.15) is 0 Å². The SMILES string of the molecule is CCC(Nc1ccc(Br)c([N+](=O)[O-])c1)c1cccs1. The Morgan fingerprint density at radius 2 is 2.26 bits per heavy atom. The molecule has 2 aromatic rings. The zero-order valence-electron chi connectivity index (χ0n) is 10.3. The van der Waals surface area contributed by atoms with E-state index < -0.39 is 0 Å².